The Morgan fingerprint density at radius 1 is 1.15 bits per heavy atom. The molecule has 0 heterocycles. The molecule has 1 aromatic rings. The summed E-state index contributed by atoms with van der Waals surface area (Å²) in [6, 6.07) is 11.0. The molecule has 0 amide bonds. The molecular formula is C12H18Ge. The van der Waals surface area contributed by atoms with Crippen LogP contribution in [-0.2, 0) is 0 Å². The van der Waals surface area contributed by atoms with Crippen molar-refractivity contribution in [2.24, 2.45) is 0 Å². The van der Waals surface area contributed by atoms with Gasteiger partial charge in [0.05, 0.1) is 0 Å². The summed E-state index contributed by atoms with van der Waals surface area (Å²) in [4.78, 5) is 0. The van der Waals surface area contributed by atoms with Gasteiger partial charge in [-0.3, -0.25) is 0 Å². The molecule has 0 spiro atoms. The molecule has 0 bridgehead atoms. The van der Waals surface area contributed by atoms with E-state index in [4.69, 9.17) is 0 Å². The van der Waals surface area contributed by atoms with Crippen molar-refractivity contribution in [3.05, 3.63) is 42.5 Å². The third-order valence-corrected chi connectivity index (χ3v) is 9.03. The second kappa shape index (κ2) is 4.66. The monoisotopic (exact) mass is 236 g/mol. The van der Waals surface area contributed by atoms with E-state index in [2.05, 4.69) is 60.9 Å². The van der Waals surface area contributed by atoms with Crippen LogP contribution >= 0.6 is 0 Å². The SMILES string of the molecule is C/C=C/[CH2][Ge]([CH3])([CH3])[c]1ccccc1. The van der Waals surface area contributed by atoms with Crippen molar-refractivity contribution in [2.75, 3.05) is 0 Å². The van der Waals surface area contributed by atoms with E-state index in [1.807, 2.05) is 0 Å². The van der Waals surface area contributed by atoms with Gasteiger partial charge in [-0.25, -0.2) is 0 Å². The van der Waals surface area contributed by atoms with Crippen molar-refractivity contribution in [2.45, 2.75) is 23.7 Å². The van der Waals surface area contributed by atoms with Crippen LogP contribution in [0, 0.1) is 0 Å². The zero-order chi connectivity index (χ0) is 9.73. The second-order valence-electron chi connectivity index (χ2n) is 4.02. The Kier molecular flexibility index (Phi) is 3.79. The van der Waals surface area contributed by atoms with Crippen molar-refractivity contribution >= 4 is 17.7 Å². The van der Waals surface area contributed by atoms with Gasteiger partial charge in [0.15, 0.2) is 0 Å². The van der Waals surface area contributed by atoms with Gasteiger partial charge in [-0.1, -0.05) is 0 Å². The molecule has 0 aliphatic carbocycles. The quantitative estimate of drug-likeness (QED) is 0.557. The second-order valence-corrected chi connectivity index (χ2v) is 14.0. The molecule has 0 saturated heterocycles. The molecule has 0 unspecified atom stereocenters. The molecule has 0 fully saturated rings. The number of rotatable bonds is 3. The molecule has 70 valence electrons. The molecule has 1 rings (SSSR count). The number of hydrogen-bond acceptors (Lipinski definition) is 0. The topological polar surface area (TPSA) is 0 Å². The van der Waals surface area contributed by atoms with Crippen LogP contribution in [0.25, 0.3) is 0 Å². The van der Waals surface area contributed by atoms with Gasteiger partial charge in [0, 0.05) is 0 Å². The molecule has 1 aromatic carbocycles. The molecular weight excluding hydrogens is 217 g/mol. The predicted molar refractivity (Wildman–Crippen MR) is 63.2 cm³/mol. The first-order valence-corrected chi connectivity index (χ1v) is 11.6. The van der Waals surface area contributed by atoms with E-state index in [1.165, 1.54) is 5.25 Å². The fraction of sp³-hybridized carbons (Fsp3) is 0.333. The van der Waals surface area contributed by atoms with E-state index < -0.39 is 13.3 Å². The third kappa shape index (κ3) is 3.03. The first-order chi connectivity index (χ1) is 6.17. The Hall–Kier alpha value is -0.497. The van der Waals surface area contributed by atoms with Crippen LogP contribution in [0.1, 0.15) is 6.92 Å². The van der Waals surface area contributed by atoms with Crippen molar-refractivity contribution in [3.63, 3.8) is 0 Å². The van der Waals surface area contributed by atoms with E-state index in [9.17, 15) is 0 Å². The van der Waals surface area contributed by atoms with Crippen molar-refractivity contribution < 1.29 is 0 Å². The van der Waals surface area contributed by atoms with Gasteiger partial charge < -0.3 is 0 Å². The minimum atomic E-state index is -1.69. The molecule has 13 heavy (non-hydrogen) atoms. The predicted octanol–water partition coefficient (Wildman–Crippen LogP) is 3.18. The van der Waals surface area contributed by atoms with Gasteiger partial charge in [-0.15, -0.1) is 0 Å². The van der Waals surface area contributed by atoms with Crippen LogP contribution in [0.2, 0.25) is 16.8 Å². The van der Waals surface area contributed by atoms with E-state index in [1.54, 1.807) is 4.40 Å². The summed E-state index contributed by atoms with van der Waals surface area (Å²) in [5.41, 5.74) is 0. The van der Waals surface area contributed by atoms with Crippen LogP contribution < -0.4 is 4.40 Å². The summed E-state index contributed by atoms with van der Waals surface area (Å²) in [5.74, 6) is 4.94. The Balaban J connectivity index is 2.81. The zero-order valence-corrected chi connectivity index (χ0v) is 10.8. The molecule has 1 heteroatoms. The van der Waals surface area contributed by atoms with E-state index >= 15 is 0 Å². The molecule has 0 radical (unpaired) electrons. The fourth-order valence-electron chi connectivity index (χ4n) is 1.42. The molecule has 0 atom stereocenters. The Morgan fingerprint density at radius 2 is 1.77 bits per heavy atom. The maximum atomic E-state index is 2.47. The van der Waals surface area contributed by atoms with E-state index in [0.29, 0.717) is 0 Å². The van der Waals surface area contributed by atoms with Gasteiger partial charge >= 0.3 is 83.8 Å². The molecule has 0 nitrogen and oxygen atoms in total. The van der Waals surface area contributed by atoms with Gasteiger partial charge in [-0.2, -0.15) is 0 Å². The van der Waals surface area contributed by atoms with Crippen molar-refractivity contribution in [1.29, 1.82) is 0 Å². The third-order valence-electron chi connectivity index (χ3n) is 2.42. The minimum absolute atomic E-state index is 1.29. The van der Waals surface area contributed by atoms with Crippen molar-refractivity contribution in [1.82, 2.24) is 0 Å². The molecule has 0 aromatic heterocycles. The average Bonchev–Trinajstić information content (AvgIpc) is 2.16. The van der Waals surface area contributed by atoms with Crippen LogP contribution in [-0.4, -0.2) is 13.3 Å². The van der Waals surface area contributed by atoms with Gasteiger partial charge in [0.1, 0.15) is 0 Å². The fourth-order valence-corrected chi connectivity index (χ4v) is 5.94. The standard InChI is InChI=1S/C12H18Ge/c1-4-5-11-13(2,3)12-9-7-6-8-10-12/h4-10H,11H2,1-3H3/b5-4+. The first kappa shape index (κ1) is 10.6. The van der Waals surface area contributed by atoms with E-state index in [-0.39, 0.29) is 0 Å². The molecule has 0 aliphatic rings. The number of benzene rings is 1. The zero-order valence-electron chi connectivity index (χ0n) is 8.75. The summed E-state index contributed by atoms with van der Waals surface area (Å²) in [6.07, 6.45) is 4.48. The van der Waals surface area contributed by atoms with Gasteiger partial charge in [0.25, 0.3) is 0 Å². The number of hydrogen-bond donors (Lipinski definition) is 0. The van der Waals surface area contributed by atoms with E-state index in [0.717, 1.165) is 0 Å². The maximum absolute atomic E-state index is 2.47. The first-order valence-electron chi connectivity index (χ1n) is 4.83. The van der Waals surface area contributed by atoms with Gasteiger partial charge in [-0.05, 0) is 0 Å². The summed E-state index contributed by atoms with van der Waals surface area (Å²) in [6.45, 7) is 2.10. The van der Waals surface area contributed by atoms with Gasteiger partial charge in [0.2, 0.25) is 0 Å². The summed E-state index contributed by atoms with van der Waals surface area (Å²) >= 11 is -1.69. The normalized spacial score (nSPS) is 12.2. The van der Waals surface area contributed by atoms with Crippen LogP contribution in [0.3, 0.4) is 0 Å². The van der Waals surface area contributed by atoms with Crippen molar-refractivity contribution in [3.8, 4) is 0 Å². The number of allylic oxidation sites excluding steroid dienone is 2. The summed E-state index contributed by atoms with van der Waals surface area (Å²) in [5, 5.41) is 1.29. The van der Waals surface area contributed by atoms with Crippen LogP contribution in [0.5, 0.6) is 0 Å². The summed E-state index contributed by atoms with van der Waals surface area (Å²) in [7, 11) is 0. The molecule has 0 aliphatic heterocycles. The Labute approximate surface area is 84.0 Å². The Bertz CT molecular complexity index is 272. The summed E-state index contributed by atoms with van der Waals surface area (Å²) < 4.78 is 1.60. The molecule has 0 N–H and O–H groups in total. The average molecular weight is 235 g/mol. The van der Waals surface area contributed by atoms with Crippen LogP contribution in [0.15, 0.2) is 42.5 Å². The Morgan fingerprint density at radius 3 is 2.31 bits per heavy atom. The van der Waals surface area contributed by atoms with Crippen LogP contribution in [0.4, 0.5) is 0 Å². The molecule has 0 saturated carbocycles.